The van der Waals surface area contributed by atoms with Gasteiger partial charge in [-0.05, 0) is 47.7 Å². The Kier molecular flexibility index (Phi) is 5.57. The second-order valence-electron chi connectivity index (χ2n) is 6.97. The fourth-order valence-corrected chi connectivity index (χ4v) is 4.21. The predicted molar refractivity (Wildman–Crippen MR) is 105 cm³/mol. The van der Waals surface area contributed by atoms with Crippen LogP contribution in [-0.4, -0.2) is 4.98 Å². The number of aromatic nitrogens is 1. The molecule has 6 heteroatoms. The Hall–Kier alpha value is -2.65. The standard InChI is InChI=1S/C22H19F3N2S/c1-13(2)19-11-16(7-8-17(19)12-26)21-14(3)27-20(28-21)10-15-5-4-6-18(9-15)22(23,24)25/h4-9,11,13H,10H2,1-3H3. The van der Waals surface area contributed by atoms with E-state index in [-0.39, 0.29) is 5.92 Å². The largest absolute Gasteiger partial charge is 0.416 e. The average Bonchev–Trinajstić information content (AvgIpc) is 3.00. The number of nitrogens with zero attached hydrogens (tertiary/aromatic N) is 2. The first-order chi connectivity index (χ1) is 13.2. The molecule has 2 aromatic carbocycles. The molecular weight excluding hydrogens is 381 g/mol. The molecule has 0 bridgehead atoms. The molecule has 1 aromatic heterocycles. The molecule has 3 rings (SSSR count). The van der Waals surface area contributed by atoms with Crippen LogP contribution in [0.25, 0.3) is 10.4 Å². The summed E-state index contributed by atoms with van der Waals surface area (Å²) in [5.41, 5.74) is 3.39. The van der Waals surface area contributed by atoms with Crippen LogP contribution in [-0.2, 0) is 12.6 Å². The van der Waals surface area contributed by atoms with E-state index in [2.05, 4.69) is 11.1 Å². The van der Waals surface area contributed by atoms with Crippen molar-refractivity contribution in [3.05, 3.63) is 75.4 Å². The zero-order valence-corrected chi connectivity index (χ0v) is 16.6. The molecule has 3 aromatic rings. The van der Waals surface area contributed by atoms with Gasteiger partial charge in [-0.1, -0.05) is 38.1 Å². The summed E-state index contributed by atoms with van der Waals surface area (Å²) in [6, 6.07) is 13.3. The Balaban J connectivity index is 1.93. The molecule has 0 atom stereocenters. The predicted octanol–water partition coefficient (Wildman–Crippen LogP) is 6.72. The zero-order valence-electron chi connectivity index (χ0n) is 15.8. The topological polar surface area (TPSA) is 36.7 Å². The van der Waals surface area contributed by atoms with Crippen molar-refractivity contribution in [2.45, 2.75) is 39.3 Å². The SMILES string of the molecule is Cc1nc(Cc2cccc(C(F)(F)F)c2)sc1-c1ccc(C#N)c(C(C)C)c1. The van der Waals surface area contributed by atoms with E-state index >= 15 is 0 Å². The molecule has 0 fully saturated rings. The van der Waals surface area contributed by atoms with Gasteiger partial charge in [0.15, 0.2) is 0 Å². The second kappa shape index (κ2) is 7.76. The molecule has 0 radical (unpaired) electrons. The molecule has 1 heterocycles. The van der Waals surface area contributed by atoms with Gasteiger partial charge in [0.05, 0.1) is 32.8 Å². The molecule has 0 amide bonds. The Morgan fingerprint density at radius 1 is 1.14 bits per heavy atom. The van der Waals surface area contributed by atoms with Gasteiger partial charge in [0.1, 0.15) is 0 Å². The van der Waals surface area contributed by atoms with Gasteiger partial charge < -0.3 is 0 Å². The Bertz CT molecular complexity index is 1040. The molecule has 0 saturated carbocycles. The summed E-state index contributed by atoms with van der Waals surface area (Å²) in [6.07, 6.45) is -4.00. The molecule has 0 aliphatic rings. The molecule has 28 heavy (non-hydrogen) atoms. The fourth-order valence-electron chi connectivity index (χ4n) is 3.11. The molecule has 2 nitrogen and oxygen atoms in total. The van der Waals surface area contributed by atoms with Crippen molar-refractivity contribution in [1.82, 2.24) is 4.98 Å². The van der Waals surface area contributed by atoms with E-state index in [1.807, 2.05) is 39.0 Å². The third-order valence-electron chi connectivity index (χ3n) is 4.51. The summed E-state index contributed by atoms with van der Waals surface area (Å²) in [7, 11) is 0. The molecule has 0 aliphatic heterocycles. The van der Waals surface area contributed by atoms with Crippen LogP contribution in [0.3, 0.4) is 0 Å². The van der Waals surface area contributed by atoms with Crippen LogP contribution in [0.2, 0.25) is 0 Å². The van der Waals surface area contributed by atoms with Gasteiger partial charge in [-0.25, -0.2) is 4.98 Å². The number of hydrogen-bond donors (Lipinski definition) is 0. The van der Waals surface area contributed by atoms with Gasteiger partial charge in [-0.2, -0.15) is 18.4 Å². The maximum atomic E-state index is 12.9. The highest BCUT2D eigenvalue weighted by Crippen LogP contribution is 2.35. The lowest BCUT2D eigenvalue weighted by atomic mass is 9.95. The number of halogens is 3. The molecule has 0 spiro atoms. The number of thiazole rings is 1. The number of nitriles is 1. The van der Waals surface area contributed by atoms with Crippen molar-refractivity contribution in [2.24, 2.45) is 0 Å². The summed E-state index contributed by atoms with van der Waals surface area (Å²) >= 11 is 1.48. The number of aryl methyl sites for hydroxylation is 1. The monoisotopic (exact) mass is 400 g/mol. The minimum absolute atomic E-state index is 0.215. The van der Waals surface area contributed by atoms with E-state index in [4.69, 9.17) is 0 Å². The zero-order chi connectivity index (χ0) is 20.5. The Labute approximate surface area is 166 Å². The van der Waals surface area contributed by atoms with Crippen molar-refractivity contribution in [3.63, 3.8) is 0 Å². The summed E-state index contributed by atoms with van der Waals surface area (Å²) in [6.45, 7) is 5.98. The number of rotatable bonds is 4. The van der Waals surface area contributed by atoms with Gasteiger partial charge >= 0.3 is 6.18 Å². The number of benzene rings is 2. The van der Waals surface area contributed by atoms with Crippen LogP contribution in [0.15, 0.2) is 42.5 Å². The van der Waals surface area contributed by atoms with Crippen LogP contribution in [0.1, 0.15) is 52.7 Å². The quantitative estimate of drug-likeness (QED) is 0.487. The lowest BCUT2D eigenvalue weighted by molar-refractivity contribution is -0.137. The highest BCUT2D eigenvalue weighted by Gasteiger charge is 2.30. The minimum Gasteiger partial charge on any atom is -0.246 e. The Morgan fingerprint density at radius 3 is 2.54 bits per heavy atom. The van der Waals surface area contributed by atoms with Crippen LogP contribution in [0, 0.1) is 18.3 Å². The van der Waals surface area contributed by atoms with Crippen LogP contribution in [0.5, 0.6) is 0 Å². The maximum absolute atomic E-state index is 12.9. The smallest absolute Gasteiger partial charge is 0.246 e. The summed E-state index contributed by atoms with van der Waals surface area (Å²) < 4.78 is 38.8. The first-order valence-electron chi connectivity index (χ1n) is 8.86. The first-order valence-corrected chi connectivity index (χ1v) is 9.67. The van der Waals surface area contributed by atoms with Crippen molar-refractivity contribution < 1.29 is 13.2 Å². The van der Waals surface area contributed by atoms with E-state index in [0.717, 1.165) is 32.8 Å². The van der Waals surface area contributed by atoms with Crippen LogP contribution in [0.4, 0.5) is 13.2 Å². The van der Waals surface area contributed by atoms with E-state index in [1.165, 1.54) is 23.5 Å². The van der Waals surface area contributed by atoms with E-state index < -0.39 is 11.7 Å². The molecule has 0 saturated heterocycles. The van der Waals surface area contributed by atoms with Gasteiger partial charge in [-0.3, -0.25) is 0 Å². The molecule has 0 N–H and O–H groups in total. The lowest BCUT2D eigenvalue weighted by Crippen LogP contribution is -2.05. The third kappa shape index (κ3) is 4.26. The van der Waals surface area contributed by atoms with Crippen molar-refractivity contribution in [1.29, 1.82) is 5.26 Å². The summed E-state index contributed by atoms with van der Waals surface area (Å²) in [4.78, 5) is 5.54. The highest BCUT2D eigenvalue weighted by atomic mass is 32.1. The highest BCUT2D eigenvalue weighted by molar-refractivity contribution is 7.15. The molecular formula is C22H19F3N2S. The van der Waals surface area contributed by atoms with Gasteiger partial charge in [0, 0.05) is 6.42 Å². The molecule has 0 aliphatic carbocycles. The second-order valence-corrected chi connectivity index (χ2v) is 8.05. The van der Waals surface area contributed by atoms with Gasteiger partial charge in [0.2, 0.25) is 0 Å². The minimum atomic E-state index is -4.35. The number of alkyl halides is 3. The van der Waals surface area contributed by atoms with E-state index in [1.54, 1.807) is 6.07 Å². The first kappa shape index (κ1) is 20.1. The normalized spacial score (nSPS) is 11.6. The average molecular weight is 400 g/mol. The van der Waals surface area contributed by atoms with E-state index in [9.17, 15) is 18.4 Å². The van der Waals surface area contributed by atoms with Gasteiger partial charge in [0.25, 0.3) is 0 Å². The van der Waals surface area contributed by atoms with Crippen molar-refractivity contribution in [2.75, 3.05) is 0 Å². The van der Waals surface area contributed by atoms with Gasteiger partial charge in [-0.15, -0.1) is 11.3 Å². The Morgan fingerprint density at radius 2 is 1.89 bits per heavy atom. The van der Waals surface area contributed by atoms with Crippen LogP contribution < -0.4 is 0 Å². The molecule has 0 unspecified atom stereocenters. The van der Waals surface area contributed by atoms with Crippen molar-refractivity contribution >= 4 is 11.3 Å². The van der Waals surface area contributed by atoms with E-state index in [0.29, 0.717) is 17.5 Å². The van der Waals surface area contributed by atoms with Crippen LogP contribution >= 0.6 is 11.3 Å². The van der Waals surface area contributed by atoms with Crippen molar-refractivity contribution in [3.8, 4) is 16.5 Å². The summed E-state index contributed by atoms with van der Waals surface area (Å²) in [5.74, 6) is 0.215. The number of hydrogen-bond acceptors (Lipinski definition) is 3. The third-order valence-corrected chi connectivity index (χ3v) is 5.71. The lowest BCUT2D eigenvalue weighted by Gasteiger charge is -2.10. The summed E-state index contributed by atoms with van der Waals surface area (Å²) in [5, 5.41) is 10.1. The maximum Gasteiger partial charge on any atom is 0.416 e. The molecule has 144 valence electrons. The fraction of sp³-hybridized carbons (Fsp3) is 0.273.